The zero-order valence-electron chi connectivity index (χ0n) is 11.4. The zero-order chi connectivity index (χ0) is 14.3. The summed E-state index contributed by atoms with van der Waals surface area (Å²) in [6.07, 6.45) is 1.97. The second-order valence-corrected chi connectivity index (χ2v) is 4.00. The zero-order valence-corrected chi connectivity index (χ0v) is 11.4. The van der Waals surface area contributed by atoms with E-state index in [1.165, 1.54) is 19.9 Å². The summed E-state index contributed by atoms with van der Waals surface area (Å²) in [6, 6.07) is 4.75. The average Bonchev–Trinajstić information content (AvgIpc) is 2.31. The monoisotopic (exact) mass is 266 g/mol. The first-order valence-corrected chi connectivity index (χ1v) is 6.16. The fourth-order valence-electron chi connectivity index (χ4n) is 1.39. The standard InChI is InChI=1S/C14H18O5/c1-4-5-8-17-12-6-7-13(18-10(2)15)14(9-12)19-11(3)16/h6-7,9H,4-5,8H2,1-3H3. The molecule has 0 N–H and O–H groups in total. The molecule has 5 nitrogen and oxygen atoms in total. The topological polar surface area (TPSA) is 61.8 Å². The molecule has 0 amide bonds. The van der Waals surface area contributed by atoms with E-state index in [9.17, 15) is 9.59 Å². The Balaban J connectivity index is 2.87. The number of unbranched alkanes of at least 4 members (excludes halogenated alkanes) is 1. The van der Waals surface area contributed by atoms with Gasteiger partial charge in [0, 0.05) is 19.9 Å². The third kappa shape index (κ3) is 5.42. The third-order valence-electron chi connectivity index (χ3n) is 2.19. The Hall–Kier alpha value is -2.04. The Morgan fingerprint density at radius 2 is 1.68 bits per heavy atom. The highest BCUT2D eigenvalue weighted by Crippen LogP contribution is 2.32. The van der Waals surface area contributed by atoms with Crippen LogP contribution in [0.5, 0.6) is 17.2 Å². The molecule has 0 aliphatic carbocycles. The summed E-state index contributed by atoms with van der Waals surface area (Å²) in [4.78, 5) is 22.0. The van der Waals surface area contributed by atoms with Crippen molar-refractivity contribution < 1.29 is 23.8 Å². The van der Waals surface area contributed by atoms with E-state index in [0.717, 1.165) is 12.8 Å². The SMILES string of the molecule is CCCCOc1ccc(OC(C)=O)c(OC(C)=O)c1. The molecule has 5 heteroatoms. The van der Waals surface area contributed by atoms with Crippen LogP contribution < -0.4 is 14.2 Å². The molecule has 0 aromatic heterocycles. The normalized spacial score (nSPS) is 9.84. The van der Waals surface area contributed by atoms with Crippen molar-refractivity contribution in [2.45, 2.75) is 33.6 Å². The first-order chi connectivity index (χ1) is 9.02. The van der Waals surface area contributed by atoms with Gasteiger partial charge in [-0.1, -0.05) is 13.3 Å². The lowest BCUT2D eigenvalue weighted by Crippen LogP contribution is -2.07. The van der Waals surface area contributed by atoms with Gasteiger partial charge in [-0.3, -0.25) is 9.59 Å². The van der Waals surface area contributed by atoms with Gasteiger partial charge in [0.2, 0.25) is 0 Å². The summed E-state index contributed by atoms with van der Waals surface area (Å²) in [5, 5.41) is 0. The van der Waals surface area contributed by atoms with Crippen LogP contribution in [0.3, 0.4) is 0 Å². The van der Waals surface area contributed by atoms with E-state index in [1.807, 2.05) is 0 Å². The molecule has 1 aromatic carbocycles. The maximum Gasteiger partial charge on any atom is 0.308 e. The Labute approximate surface area is 112 Å². The molecular formula is C14H18O5. The van der Waals surface area contributed by atoms with Crippen LogP contribution in [0.25, 0.3) is 0 Å². The molecular weight excluding hydrogens is 248 g/mol. The minimum Gasteiger partial charge on any atom is -0.493 e. The van der Waals surface area contributed by atoms with Crippen molar-refractivity contribution in [1.82, 2.24) is 0 Å². The van der Waals surface area contributed by atoms with Gasteiger partial charge in [-0.15, -0.1) is 0 Å². The van der Waals surface area contributed by atoms with E-state index in [0.29, 0.717) is 12.4 Å². The fraction of sp³-hybridized carbons (Fsp3) is 0.429. The van der Waals surface area contributed by atoms with Crippen LogP contribution in [-0.4, -0.2) is 18.5 Å². The number of hydrogen-bond acceptors (Lipinski definition) is 5. The van der Waals surface area contributed by atoms with Crippen LogP contribution >= 0.6 is 0 Å². The summed E-state index contributed by atoms with van der Waals surface area (Å²) in [6.45, 7) is 5.21. The van der Waals surface area contributed by atoms with E-state index >= 15 is 0 Å². The van der Waals surface area contributed by atoms with Crippen molar-refractivity contribution in [1.29, 1.82) is 0 Å². The summed E-state index contributed by atoms with van der Waals surface area (Å²) >= 11 is 0. The van der Waals surface area contributed by atoms with Gasteiger partial charge < -0.3 is 14.2 Å². The minimum absolute atomic E-state index is 0.177. The van der Waals surface area contributed by atoms with Crippen molar-refractivity contribution in [3.05, 3.63) is 18.2 Å². The van der Waals surface area contributed by atoms with Gasteiger partial charge in [-0.25, -0.2) is 0 Å². The number of carbonyl (C=O) groups is 2. The highest BCUT2D eigenvalue weighted by atomic mass is 16.6. The predicted molar refractivity (Wildman–Crippen MR) is 69.5 cm³/mol. The molecule has 1 rings (SSSR count). The van der Waals surface area contributed by atoms with Gasteiger partial charge >= 0.3 is 11.9 Å². The van der Waals surface area contributed by atoms with Crippen LogP contribution in [0.4, 0.5) is 0 Å². The Bertz CT molecular complexity index is 453. The van der Waals surface area contributed by atoms with Crippen molar-refractivity contribution in [2.75, 3.05) is 6.61 Å². The minimum atomic E-state index is -0.487. The van der Waals surface area contributed by atoms with Crippen molar-refractivity contribution >= 4 is 11.9 Å². The van der Waals surface area contributed by atoms with Crippen molar-refractivity contribution in [3.63, 3.8) is 0 Å². The molecule has 0 radical (unpaired) electrons. The second-order valence-electron chi connectivity index (χ2n) is 4.00. The first-order valence-electron chi connectivity index (χ1n) is 6.16. The quantitative estimate of drug-likeness (QED) is 0.450. The molecule has 0 unspecified atom stereocenters. The highest BCUT2D eigenvalue weighted by molar-refractivity contribution is 5.73. The van der Waals surface area contributed by atoms with Gasteiger partial charge in [-0.2, -0.15) is 0 Å². The summed E-state index contributed by atoms with van der Waals surface area (Å²) in [5.41, 5.74) is 0. The Kier molecular flexibility index (Phi) is 5.85. The molecule has 0 saturated heterocycles. The molecule has 19 heavy (non-hydrogen) atoms. The summed E-state index contributed by atoms with van der Waals surface area (Å²) in [7, 11) is 0. The molecule has 0 aliphatic rings. The fourth-order valence-corrected chi connectivity index (χ4v) is 1.39. The summed E-state index contributed by atoms with van der Waals surface area (Å²) in [5.74, 6) is -0.0185. The second kappa shape index (κ2) is 7.41. The van der Waals surface area contributed by atoms with Gasteiger partial charge in [-0.05, 0) is 18.6 Å². The number of benzene rings is 1. The molecule has 104 valence electrons. The van der Waals surface area contributed by atoms with E-state index in [4.69, 9.17) is 14.2 Å². The van der Waals surface area contributed by atoms with Gasteiger partial charge in [0.05, 0.1) is 6.61 Å². The largest absolute Gasteiger partial charge is 0.493 e. The van der Waals surface area contributed by atoms with Crippen LogP contribution in [0, 0.1) is 0 Å². The maximum absolute atomic E-state index is 11.0. The maximum atomic E-state index is 11.0. The van der Waals surface area contributed by atoms with Crippen molar-refractivity contribution in [3.8, 4) is 17.2 Å². The smallest absolute Gasteiger partial charge is 0.308 e. The third-order valence-corrected chi connectivity index (χ3v) is 2.19. The molecule has 0 atom stereocenters. The number of ether oxygens (including phenoxy) is 3. The van der Waals surface area contributed by atoms with E-state index in [2.05, 4.69) is 6.92 Å². The van der Waals surface area contributed by atoms with Gasteiger partial charge in [0.25, 0.3) is 0 Å². The molecule has 0 fully saturated rings. The van der Waals surface area contributed by atoms with Gasteiger partial charge in [0.15, 0.2) is 11.5 Å². The van der Waals surface area contributed by atoms with Crippen LogP contribution in [0.1, 0.15) is 33.6 Å². The van der Waals surface area contributed by atoms with Crippen LogP contribution in [-0.2, 0) is 9.59 Å². The van der Waals surface area contributed by atoms with E-state index in [1.54, 1.807) is 12.1 Å². The molecule has 0 saturated carbocycles. The number of carbonyl (C=O) groups excluding carboxylic acids is 2. The summed E-state index contributed by atoms with van der Waals surface area (Å²) < 4.78 is 15.4. The molecule has 0 bridgehead atoms. The lowest BCUT2D eigenvalue weighted by molar-refractivity contribution is -0.134. The lowest BCUT2D eigenvalue weighted by atomic mass is 10.3. The van der Waals surface area contributed by atoms with Gasteiger partial charge in [0.1, 0.15) is 5.75 Å². The van der Waals surface area contributed by atoms with Crippen molar-refractivity contribution in [2.24, 2.45) is 0 Å². The van der Waals surface area contributed by atoms with E-state index < -0.39 is 11.9 Å². The predicted octanol–water partition coefficient (Wildman–Crippen LogP) is 2.72. The van der Waals surface area contributed by atoms with Crippen LogP contribution in [0.2, 0.25) is 0 Å². The molecule has 0 aliphatic heterocycles. The van der Waals surface area contributed by atoms with E-state index in [-0.39, 0.29) is 11.5 Å². The lowest BCUT2D eigenvalue weighted by Gasteiger charge is -2.11. The number of esters is 2. The molecule has 0 spiro atoms. The average molecular weight is 266 g/mol. The first kappa shape index (κ1) is 15.0. The number of rotatable bonds is 6. The number of hydrogen-bond donors (Lipinski definition) is 0. The highest BCUT2D eigenvalue weighted by Gasteiger charge is 2.11. The Morgan fingerprint density at radius 1 is 1.05 bits per heavy atom. The molecule has 0 heterocycles. The van der Waals surface area contributed by atoms with Crippen LogP contribution in [0.15, 0.2) is 18.2 Å². The Morgan fingerprint density at radius 3 is 2.26 bits per heavy atom. The molecule has 1 aromatic rings.